The Labute approximate surface area is 128 Å². The van der Waals surface area contributed by atoms with Crippen LogP contribution in [0.3, 0.4) is 0 Å². The van der Waals surface area contributed by atoms with Crippen molar-refractivity contribution in [2.24, 2.45) is 5.92 Å². The SMILES string of the molecule is CC(C)CN1CCC[C@H]1c1cccnc1N1CCNCC1. The number of nitrogens with zero attached hydrogens (tertiary/aromatic N) is 3. The Hall–Kier alpha value is -1.13. The van der Waals surface area contributed by atoms with Gasteiger partial charge in [0.1, 0.15) is 5.82 Å². The lowest BCUT2D eigenvalue weighted by atomic mass is 10.0. The first-order chi connectivity index (χ1) is 10.3. The van der Waals surface area contributed by atoms with Crippen molar-refractivity contribution in [3.63, 3.8) is 0 Å². The molecule has 3 heterocycles. The molecule has 4 nitrogen and oxygen atoms in total. The summed E-state index contributed by atoms with van der Waals surface area (Å²) in [6.07, 6.45) is 4.54. The normalized spacial score (nSPS) is 24.0. The topological polar surface area (TPSA) is 31.4 Å². The summed E-state index contributed by atoms with van der Waals surface area (Å²) in [7, 11) is 0. The van der Waals surface area contributed by atoms with Crippen LogP contribution in [0, 0.1) is 5.92 Å². The quantitative estimate of drug-likeness (QED) is 0.921. The molecular weight excluding hydrogens is 260 g/mol. The van der Waals surface area contributed by atoms with Gasteiger partial charge in [-0.05, 0) is 31.4 Å². The second-order valence-corrected chi connectivity index (χ2v) is 6.70. The minimum absolute atomic E-state index is 0.561. The summed E-state index contributed by atoms with van der Waals surface area (Å²) in [5.74, 6) is 1.95. The summed E-state index contributed by atoms with van der Waals surface area (Å²) >= 11 is 0. The summed E-state index contributed by atoms with van der Waals surface area (Å²) in [6, 6.07) is 4.96. The van der Waals surface area contributed by atoms with Gasteiger partial charge in [0.05, 0.1) is 0 Å². The highest BCUT2D eigenvalue weighted by atomic mass is 15.2. The van der Waals surface area contributed by atoms with E-state index in [4.69, 9.17) is 4.98 Å². The first-order valence-electron chi connectivity index (χ1n) is 8.40. The van der Waals surface area contributed by atoms with Crippen molar-refractivity contribution in [3.05, 3.63) is 23.9 Å². The van der Waals surface area contributed by atoms with E-state index >= 15 is 0 Å². The fraction of sp³-hybridized carbons (Fsp3) is 0.706. The van der Waals surface area contributed by atoms with Gasteiger partial charge in [0.2, 0.25) is 0 Å². The number of rotatable bonds is 4. The highest BCUT2D eigenvalue weighted by Crippen LogP contribution is 2.36. The molecule has 0 bridgehead atoms. The second-order valence-electron chi connectivity index (χ2n) is 6.70. The zero-order valence-electron chi connectivity index (χ0n) is 13.4. The van der Waals surface area contributed by atoms with Gasteiger partial charge >= 0.3 is 0 Å². The maximum Gasteiger partial charge on any atom is 0.133 e. The molecule has 1 aromatic rings. The van der Waals surface area contributed by atoms with E-state index < -0.39 is 0 Å². The largest absolute Gasteiger partial charge is 0.354 e. The molecule has 0 radical (unpaired) electrons. The first-order valence-corrected chi connectivity index (χ1v) is 8.40. The number of anilines is 1. The number of hydrogen-bond donors (Lipinski definition) is 1. The van der Waals surface area contributed by atoms with Crippen LogP contribution in [0.2, 0.25) is 0 Å². The van der Waals surface area contributed by atoms with Crippen molar-refractivity contribution >= 4 is 5.82 Å². The van der Waals surface area contributed by atoms with Crippen LogP contribution in [0.5, 0.6) is 0 Å². The summed E-state index contributed by atoms with van der Waals surface area (Å²) in [5, 5.41) is 3.43. The summed E-state index contributed by atoms with van der Waals surface area (Å²) in [5.41, 5.74) is 1.44. The standard InChI is InChI=1S/C17H28N4/c1-14(2)13-21-10-4-6-16(21)15-5-3-7-19-17(15)20-11-8-18-9-12-20/h3,5,7,14,16,18H,4,6,8-13H2,1-2H3/t16-/m0/s1. The summed E-state index contributed by atoms with van der Waals surface area (Å²) in [6.45, 7) is 11.3. The lowest BCUT2D eigenvalue weighted by Gasteiger charge is -2.33. The average Bonchev–Trinajstić information content (AvgIpc) is 2.95. The third-order valence-electron chi connectivity index (χ3n) is 4.56. The molecule has 2 fully saturated rings. The van der Waals surface area contributed by atoms with Gasteiger partial charge < -0.3 is 10.2 Å². The smallest absolute Gasteiger partial charge is 0.133 e. The molecule has 1 atom stereocenters. The molecule has 2 aliphatic rings. The van der Waals surface area contributed by atoms with Crippen LogP contribution in [-0.2, 0) is 0 Å². The maximum absolute atomic E-state index is 4.73. The van der Waals surface area contributed by atoms with Crippen molar-refractivity contribution in [3.8, 4) is 0 Å². The summed E-state index contributed by atoms with van der Waals surface area (Å²) < 4.78 is 0. The second kappa shape index (κ2) is 6.75. The molecule has 0 spiro atoms. The monoisotopic (exact) mass is 288 g/mol. The summed E-state index contributed by atoms with van der Waals surface area (Å²) in [4.78, 5) is 9.85. The molecule has 1 aromatic heterocycles. The zero-order chi connectivity index (χ0) is 14.7. The van der Waals surface area contributed by atoms with Crippen molar-refractivity contribution in [1.29, 1.82) is 0 Å². The maximum atomic E-state index is 4.73. The van der Waals surface area contributed by atoms with Gasteiger partial charge in [-0.3, -0.25) is 4.90 Å². The fourth-order valence-corrected chi connectivity index (χ4v) is 3.68. The third-order valence-corrected chi connectivity index (χ3v) is 4.56. The number of aromatic nitrogens is 1. The number of pyridine rings is 1. The number of piperazine rings is 1. The van der Waals surface area contributed by atoms with Crippen molar-refractivity contribution in [2.75, 3.05) is 44.2 Å². The van der Waals surface area contributed by atoms with Crippen LogP contribution in [0.25, 0.3) is 0 Å². The molecule has 21 heavy (non-hydrogen) atoms. The van der Waals surface area contributed by atoms with Gasteiger partial charge in [0.25, 0.3) is 0 Å². The van der Waals surface area contributed by atoms with Gasteiger partial charge in [-0.15, -0.1) is 0 Å². The van der Waals surface area contributed by atoms with Crippen LogP contribution in [0.1, 0.15) is 38.3 Å². The predicted molar refractivity (Wildman–Crippen MR) is 87.7 cm³/mol. The first kappa shape index (κ1) is 14.8. The molecule has 0 unspecified atom stereocenters. The molecule has 2 aliphatic heterocycles. The van der Waals surface area contributed by atoms with E-state index in [-0.39, 0.29) is 0 Å². The highest BCUT2D eigenvalue weighted by molar-refractivity contribution is 5.49. The van der Waals surface area contributed by atoms with Crippen LogP contribution in [0.4, 0.5) is 5.82 Å². The molecule has 4 heteroatoms. The average molecular weight is 288 g/mol. The lowest BCUT2D eigenvalue weighted by Crippen LogP contribution is -2.44. The van der Waals surface area contributed by atoms with Crippen LogP contribution in [0.15, 0.2) is 18.3 Å². The molecule has 0 aliphatic carbocycles. The van der Waals surface area contributed by atoms with Gasteiger partial charge in [0, 0.05) is 50.5 Å². The van der Waals surface area contributed by atoms with E-state index in [1.807, 2.05) is 6.20 Å². The number of likely N-dealkylation sites (tertiary alicyclic amines) is 1. The number of nitrogens with one attached hydrogen (secondary N) is 1. The Morgan fingerprint density at radius 1 is 1.29 bits per heavy atom. The van der Waals surface area contributed by atoms with Gasteiger partial charge in [-0.1, -0.05) is 19.9 Å². The van der Waals surface area contributed by atoms with Gasteiger partial charge in [-0.2, -0.15) is 0 Å². The zero-order valence-corrected chi connectivity index (χ0v) is 13.4. The molecule has 2 saturated heterocycles. The number of hydrogen-bond acceptors (Lipinski definition) is 4. The Bertz CT molecular complexity index is 454. The lowest BCUT2D eigenvalue weighted by molar-refractivity contribution is 0.228. The molecular formula is C17H28N4. The van der Waals surface area contributed by atoms with Gasteiger partial charge in [0.15, 0.2) is 0 Å². The Morgan fingerprint density at radius 2 is 2.10 bits per heavy atom. The highest BCUT2D eigenvalue weighted by Gasteiger charge is 2.29. The molecule has 0 aromatic carbocycles. The Balaban J connectivity index is 1.83. The van der Waals surface area contributed by atoms with Crippen LogP contribution in [-0.4, -0.2) is 49.2 Å². The van der Waals surface area contributed by atoms with Crippen molar-refractivity contribution in [1.82, 2.24) is 15.2 Å². The minimum atomic E-state index is 0.561. The van der Waals surface area contributed by atoms with E-state index in [9.17, 15) is 0 Å². The Morgan fingerprint density at radius 3 is 2.86 bits per heavy atom. The van der Waals surface area contributed by atoms with Crippen molar-refractivity contribution < 1.29 is 0 Å². The fourth-order valence-electron chi connectivity index (χ4n) is 3.68. The van der Waals surface area contributed by atoms with E-state index in [0.717, 1.165) is 32.1 Å². The molecule has 1 N–H and O–H groups in total. The molecule has 3 rings (SSSR count). The van der Waals surface area contributed by atoms with Crippen LogP contribution < -0.4 is 10.2 Å². The molecule has 0 amide bonds. The molecule has 0 saturated carbocycles. The van der Waals surface area contributed by atoms with E-state index in [2.05, 4.69) is 41.1 Å². The third kappa shape index (κ3) is 3.38. The van der Waals surface area contributed by atoms with Crippen LogP contribution >= 0.6 is 0 Å². The minimum Gasteiger partial charge on any atom is -0.354 e. The van der Waals surface area contributed by atoms with Gasteiger partial charge in [-0.25, -0.2) is 4.98 Å². The molecule has 116 valence electrons. The van der Waals surface area contributed by atoms with Crippen molar-refractivity contribution in [2.45, 2.75) is 32.7 Å². The van der Waals surface area contributed by atoms with E-state index in [1.165, 1.54) is 37.3 Å². The Kier molecular flexibility index (Phi) is 4.76. The van der Waals surface area contributed by atoms with E-state index in [1.54, 1.807) is 0 Å². The predicted octanol–water partition coefficient (Wildman–Crippen LogP) is 2.28. The van der Waals surface area contributed by atoms with E-state index in [0.29, 0.717) is 6.04 Å².